The first-order chi connectivity index (χ1) is 5.84. The molecule has 0 heterocycles. The van der Waals surface area contributed by atoms with Gasteiger partial charge in [-0.05, 0) is 32.1 Å². The van der Waals surface area contributed by atoms with Gasteiger partial charge in [-0.15, -0.1) is 0 Å². The summed E-state index contributed by atoms with van der Waals surface area (Å²) in [6.07, 6.45) is 8.24. The average molecular weight is 167 g/mol. The third-order valence-electron chi connectivity index (χ3n) is 2.78. The van der Waals surface area contributed by atoms with Crippen LogP contribution >= 0.6 is 0 Å². The van der Waals surface area contributed by atoms with Gasteiger partial charge in [-0.25, -0.2) is 0 Å². The summed E-state index contributed by atoms with van der Waals surface area (Å²) in [6, 6.07) is 0. The topological polar surface area (TPSA) is 12.4 Å². The van der Waals surface area contributed by atoms with Crippen LogP contribution in [0.2, 0.25) is 0 Å². The van der Waals surface area contributed by atoms with E-state index in [2.05, 4.69) is 18.8 Å². The molecule has 0 N–H and O–H groups in total. The van der Waals surface area contributed by atoms with Gasteiger partial charge in [0.2, 0.25) is 0 Å². The minimum atomic E-state index is 0.824. The first-order valence-electron chi connectivity index (χ1n) is 5.35. The Hall–Kier alpha value is -0.330. The molecule has 1 heteroatoms. The molecule has 0 bridgehead atoms. The number of hydrogen-bond donors (Lipinski definition) is 0. The largest absolute Gasteiger partial charge is 0.294 e. The molecule has 0 saturated heterocycles. The zero-order valence-corrected chi connectivity index (χ0v) is 8.47. The molecule has 1 rings (SSSR count). The lowest BCUT2D eigenvalue weighted by atomic mass is 9.86. The highest BCUT2D eigenvalue weighted by atomic mass is 14.7. The molecular weight excluding hydrogens is 146 g/mol. The Morgan fingerprint density at radius 3 is 2.50 bits per heavy atom. The van der Waals surface area contributed by atoms with Crippen LogP contribution in [0.25, 0.3) is 0 Å². The highest BCUT2D eigenvalue weighted by molar-refractivity contribution is 5.84. The van der Waals surface area contributed by atoms with E-state index in [-0.39, 0.29) is 0 Å². The van der Waals surface area contributed by atoms with E-state index in [4.69, 9.17) is 0 Å². The number of hydrogen-bond acceptors (Lipinski definition) is 1. The quantitative estimate of drug-likeness (QED) is 0.571. The van der Waals surface area contributed by atoms with Crippen molar-refractivity contribution < 1.29 is 0 Å². The van der Waals surface area contributed by atoms with Crippen molar-refractivity contribution in [3.8, 4) is 0 Å². The maximum atomic E-state index is 4.58. The molecule has 0 unspecified atom stereocenters. The molecule has 0 aromatic carbocycles. The van der Waals surface area contributed by atoms with E-state index < -0.39 is 0 Å². The molecule has 1 aliphatic carbocycles. The Balaban J connectivity index is 2.33. The second kappa shape index (κ2) is 5.34. The fraction of sp³-hybridized carbons (Fsp3) is 0.909. The summed E-state index contributed by atoms with van der Waals surface area (Å²) >= 11 is 0. The predicted octanol–water partition coefficient (Wildman–Crippen LogP) is 3.44. The van der Waals surface area contributed by atoms with Gasteiger partial charge in [0.1, 0.15) is 0 Å². The van der Waals surface area contributed by atoms with Crippen molar-refractivity contribution in [3.63, 3.8) is 0 Å². The van der Waals surface area contributed by atoms with Crippen molar-refractivity contribution in [2.75, 3.05) is 6.54 Å². The van der Waals surface area contributed by atoms with Gasteiger partial charge in [-0.3, -0.25) is 4.99 Å². The minimum absolute atomic E-state index is 0.824. The summed E-state index contributed by atoms with van der Waals surface area (Å²) in [6.45, 7) is 5.44. The van der Waals surface area contributed by atoms with Gasteiger partial charge in [0.25, 0.3) is 0 Å². The van der Waals surface area contributed by atoms with Crippen LogP contribution in [-0.2, 0) is 0 Å². The molecule has 70 valence electrons. The van der Waals surface area contributed by atoms with Crippen molar-refractivity contribution in [3.05, 3.63) is 0 Å². The Bertz CT molecular complexity index is 143. The van der Waals surface area contributed by atoms with Crippen LogP contribution < -0.4 is 0 Å². The summed E-state index contributed by atoms with van der Waals surface area (Å²) < 4.78 is 0. The van der Waals surface area contributed by atoms with Crippen LogP contribution in [0.1, 0.15) is 52.4 Å². The van der Waals surface area contributed by atoms with Gasteiger partial charge in [-0.1, -0.05) is 26.2 Å². The molecule has 1 fully saturated rings. The van der Waals surface area contributed by atoms with Gasteiger partial charge in [0.05, 0.1) is 0 Å². The SMILES string of the molecule is CCCN=C(C)C1CCCCC1. The van der Waals surface area contributed by atoms with Crippen molar-refractivity contribution in [2.24, 2.45) is 10.9 Å². The smallest absolute Gasteiger partial charge is 0.0386 e. The van der Waals surface area contributed by atoms with Crippen molar-refractivity contribution in [2.45, 2.75) is 52.4 Å². The third kappa shape index (κ3) is 2.96. The number of nitrogens with zero attached hydrogens (tertiary/aromatic N) is 1. The van der Waals surface area contributed by atoms with E-state index in [1.54, 1.807) is 0 Å². The van der Waals surface area contributed by atoms with Crippen LogP contribution in [-0.4, -0.2) is 12.3 Å². The Morgan fingerprint density at radius 2 is 1.92 bits per heavy atom. The molecule has 0 aliphatic heterocycles. The van der Waals surface area contributed by atoms with Crippen LogP contribution in [0.3, 0.4) is 0 Å². The molecular formula is C11H21N. The van der Waals surface area contributed by atoms with Crippen LogP contribution in [0.15, 0.2) is 4.99 Å². The van der Waals surface area contributed by atoms with E-state index in [0.717, 1.165) is 12.5 Å². The summed E-state index contributed by atoms with van der Waals surface area (Å²) in [5.41, 5.74) is 1.41. The standard InChI is InChI=1S/C11H21N/c1-3-9-12-10(2)11-7-5-4-6-8-11/h11H,3-9H2,1-2H3. The lowest BCUT2D eigenvalue weighted by Gasteiger charge is -2.21. The molecule has 0 aromatic rings. The predicted molar refractivity (Wildman–Crippen MR) is 54.8 cm³/mol. The maximum absolute atomic E-state index is 4.58. The number of aliphatic imine (C=N–C) groups is 1. The molecule has 1 aliphatic rings. The first-order valence-corrected chi connectivity index (χ1v) is 5.35. The molecule has 0 spiro atoms. The van der Waals surface area contributed by atoms with Crippen molar-refractivity contribution in [1.29, 1.82) is 0 Å². The van der Waals surface area contributed by atoms with E-state index in [0.29, 0.717) is 0 Å². The summed E-state index contributed by atoms with van der Waals surface area (Å²) in [5, 5.41) is 0. The summed E-state index contributed by atoms with van der Waals surface area (Å²) in [7, 11) is 0. The van der Waals surface area contributed by atoms with Gasteiger partial charge >= 0.3 is 0 Å². The summed E-state index contributed by atoms with van der Waals surface area (Å²) in [5.74, 6) is 0.824. The lowest BCUT2D eigenvalue weighted by Crippen LogP contribution is -2.15. The molecule has 0 amide bonds. The second-order valence-electron chi connectivity index (χ2n) is 3.86. The first kappa shape index (κ1) is 9.76. The van der Waals surface area contributed by atoms with Gasteiger partial charge in [0, 0.05) is 12.3 Å². The van der Waals surface area contributed by atoms with E-state index >= 15 is 0 Å². The highest BCUT2D eigenvalue weighted by Gasteiger charge is 2.15. The van der Waals surface area contributed by atoms with Gasteiger partial charge < -0.3 is 0 Å². The van der Waals surface area contributed by atoms with Gasteiger partial charge in [0.15, 0.2) is 0 Å². The molecule has 12 heavy (non-hydrogen) atoms. The zero-order valence-electron chi connectivity index (χ0n) is 8.47. The van der Waals surface area contributed by atoms with Crippen molar-refractivity contribution in [1.82, 2.24) is 0 Å². The fourth-order valence-corrected chi connectivity index (χ4v) is 1.94. The Labute approximate surface area is 76.3 Å². The van der Waals surface area contributed by atoms with Gasteiger partial charge in [-0.2, -0.15) is 0 Å². The third-order valence-corrected chi connectivity index (χ3v) is 2.78. The molecule has 1 nitrogen and oxygen atoms in total. The minimum Gasteiger partial charge on any atom is -0.294 e. The second-order valence-corrected chi connectivity index (χ2v) is 3.86. The van der Waals surface area contributed by atoms with E-state index in [9.17, 15) is 0 Å². The molecule has 0 aromatic heterocycles. The average Bonchev–Trinajstić information content (AvgIpc) is 2.15. The highest BCUT2D eigenvalue weighted by Crippen LogP contribution is 2.24. The van der Waals surface area contributed by atoms with Crippen LogP contribution in [0.5, 0.6) is 0 Å². The molecule has 0 atom stereocenters. The van der Waals surface area contributed by atoms with E-state index in [1.165, 1.54) is 44.2 Å². The van der Waals surface area contributed by atoms with Crippen LogP contribution in [0.4, 0.5) is 0 Å². The Kier molecular flexibility index (Phi) is 4.34. The fourth-order valence-electron chi connectivity index (χ4n) is 1.94. The number of rotatable bonds is 3. The zero-order chi connectivity index (χ0) is 8.81. The van der Waals surface area contributed by atoms with E-state index in [1.807, 2.05) is 0 Å². The summed E-state index contributed by atoms with van der Waals surface area (Å²) in [4.78, 5) is 4.58. The van der Waals surface area contributed by atoms with Crippen molar-refractivity contribution >= 4 is 5.71 Å². The molecule has 1 saturated carbocycles. The molecule has 0 radical (unpaired) electrons. The van der Waals surface area contributed by atoms with Crippen LogP contribution in [0, 0.1) is 5.92 Å². The lowest BCUT2D eigenvalue weighted by molar-refractivity contribution is 0.437. The monoisotopic (exact) mass is 167 g/mol. The Morgan fingerprint density at radius 1 is 1.25 bits per heavy atom. The maximum Gasteiger partial charge on any atom is 0.0386 e. The normalized spacial score (nSPS) is 21.3.